The first-order valence-corrected chi connectivity index (χ1v) is 7.34. The minimum Gasteiger partial charge on any atom is -0.336 e. The molecule has 0 saturated carbocycles. The molecule has 1 aromatic carbocycles. The molecule has 0 spiro atoms. The van der Waals surface area contributed by atoms with Crippen LogP contribution >= 0.6 is 0 Å². The monoisotopic (exact) mass is 275 g/mol. The number of hydrogen-bond acceptors (Lipinski definition) is 3. The van der Waals surface area contributed by atoms with Crippen LogP contribution in [-0.4, -0.2) is 54.5 Å². The number of amides is 1. The van der Waals surface area contributed by atoms with Gasteiger partial charge in [0.15, 0.2) is 0 Å². The van der Waals surface area contributed by atoms with E-state index in [1.165, 1.54) is 0 Å². The number of aryl methyl sites for hydroxylation is 2. The summed E-state index contributed by atoms with van der Waals surface area (Å²) in [5.74, 6) is 0.167. The summed E-state index contributed by atoms with van der Waals surface area (Å²) in [5, 5.41) is 0. The molecule has 1 aliphatic heterocycles. The van der Waals surface area contributed by atoms with Crippen molar-refractivity contribution in [1.29, 1.82) is 0 Å². The lowest BCUT2D eigenvalue weighted by Gasteiger charge is -2.38. The third-order valence-electron chi connectivity index (χ3n) is 4.26. The number of piperazine rings is 1. The highest BCUT2D eigenvalue weighted by Gasteiger charge is 2.25. The number of hydrogen-bond donors (Lipinski definition) is 1. The van der Waals surface area contributed by atoms with E-state index in [1.807, 2.05) is 36.9 Å². The van der Waals surface area contributed by atoms with Gasteiger partial charge in [0.1, 0.15) is 0 Å². The van der Waals surface area contributed by atoms with E-state index < -0.39 is 0 Å². The summed E-state index contributed by atoms with van der Waals surface area (Å²) < 4.78 is 0. The average Bonchev–Trinajstić information content (AvgIpc) is 2.46. The molecule has 4 nitrogen and oxygen atoms in total. The molecule has 2 rings (SSSR count). The standard InChI is InChI=1S/C16H25N3O/c1-12-5-4-6-13(2)15(12)16(20)19-9-7-18(8-10-19)14(3)11-17/h4-6,14H,7-11,17H2,1-3H3. The van der Waals surface area contributed by atoms with Crippen molar-refractivity contribution in [1.82, 2.24) is 9.80 Å². The van der Waals surface area contributed by atoms with Crippen molar-refractivity contribution >= 4 is 5.91 Å². The highest BCUT2D eigenvalue weighted by atomic mass is 16.2. The quantitative estimate of drug-likeness (QED) is 0.907. The number of rotatable bonds is 3. The van der Waals surface area contributed by atoms with Gasteiger partial charge in [0.25, 0.3) is 5.91 Å². The molecule has 0 aliphatic carbocycles. The van der Waals surface area contributed by atoms with Crippen molar-refractivity contribution < 1.29 is 4.79 Å². The van der Waals surface area contributed by atoms with Gasteiger partial charge < -0.3 is 10.6 Å². The van der Waals surface area contributed by atoms with E-state index in [2.05, 4.69) is 11.8 Å². The zero-order chi connectivity index (χ0) is 14.7. The van der Waals surface area contributed by atoms with Crippen LogP contribution in [0.15, 0.2) is 18.2 Å². The first-order chi connectivity index (χ1) is 9.54. The summed E-state index contributed by atoms with van der Waals surface area (Å²) in [5.41, 5.74) is 8.70. The maximum absolute atomic E-state index is 12.7. The summed E-state index contributed by atoms with van der Waals surface area (Å²) in [6.45, 7) is 10.2. The van der Waals surface area contributed by atoms with Gasteiger partial charge in [-0.3, -0.25) is 9.69 Å². The van der Waals surface area contributed by atoms with Crippen LogP contribution in [-0.2, 0) is 0 Å². The lowest BCUT2D eigenvalue weighted by Crippen LogP contribution is -2.53. The van der Waals surface area contributed by atoms with Gasteiger partial charge in [-0.05, 0) is 31.9 Å². The molecule has 1 heterocycles. The normalized spacial score (nSPS) is 18.1. The first-order valence-electron chi connectivity index (χ1n) is 7.34. The van der Waals surface area contributed by atoms with Gasteiger partial charge in [-0.1, -0.05) is 18.2 Å². The number of carbonyl (C=O) groups excluding carboxylic acids is 1. The molecule has 4 heteroatoms. The van der Waals surface area contributed by atoms with E-state index in [4.69, 9.17) is 5.73 Å². The zero-order valence-electron chi connectivity index (χ0n) is 12.7. The van der Waals surface area contributed by atoms with Crippen molar-refractivity contribution in [3.8, 4) is 0 Å². The van der Waals surface area contributed by atoms with Crippen molar-refractivity contribution in [2.45, 2.75) is 26.8 Å². The second kappa shape index (κ2) is 6.37. The maximum atomic E-state index is 12.7. The summed E-state index contributed by atoms with van der Waals surface area (Å²) in [4.78, 5) is 17.0. The van der Waals surface area contributed by atoms with Gasteiger partial charge in [0.05, 0.1) is 0 Å². The van der Waals surface area contributed by atoms with Crippen LogP contribution in [0, 0.1) is 13.8 Å². The van der Waals surface area contributed by atoms with E-state index in [-0.39, 0.29) is 5.91 Å². The molecule has 1 saturated heterocycles. The average molecular weight is 275 g/mol. The highest BCUT2D eigenvalue weighted by Crippen LogP contribution is 2.17. The van der Waals surface area contributed by atoms with Crippen LogP contribution in [0.4, 0.5) is 0 Å². The molecule has 1 amide bonds. The van der Waals surface area contributed by atoms with Gasteiger partial charge in [-0.25, -0.2) is 0 Å². The Morgan fingerprint density at radius 3 is 2.25 bits per heavy atom. The molecule has 0 bridgehead atoms. The second-order valence-corrected chi connectivity index (χ2v) is 5.68. The molecule has 1 fully saturated rings. The van der Waals surface area contributed by atoms with Crippen LogP contribution in [0.2, 0.25) is 0 Å². The van der Waals surface area contributed by atoms with E-state index in [9.17, 15) is 4.79 Å². The van der Waals surface area contributed by atoms with Gasteiger partial charge in [0, 0.05) is 44.3 Å². The van der Waals surface area contributed by atoms with E-state index >= 15 is 0 Å². The molecule has 0 aromatic heterocycles. The van der Waals surface area contributed by atoms with Crippen LogP contribution < -0.4 is 5.73 Å². The molecule has 0 radical (unpaired) electrons. The van der Waals surface area contributed by atoms with E-state index in [1.54, 1.807) is 0 Å². The predicted octanol–water partition coefficient (Wildman–Crippen LogP) is 1.41. The van der Waals surface area contributed by atoms with Crippen molar-refractivity contribution in [2.24, 2.45) is 5.73 Å². The van der Waals surface area contributed by atoms with Crippen molar-refractivity contribution in [3.05, 3.63) is 34.9 Å². The molecule has 110 valence electrons. The minimum absolute atomic E-state index is 0.167. The molecule has 1 aliphatic rings. The molecule has 1 unspecified atom stereocenters. The largest absolute Gasteiger partial charge is 0.336 e. The fraction of sp³-hybridized carbons (Fsp3) is 0.562. The molecule has 1 atom stereocenters. The Morgan fingerprint density at radius 2 is 1.75 bits per heavy atom. The second-order valence-electron chi connectivity index (χ2n) is 5.68. The summed E-state index contributed by atoms with van der Waals surface area (Å²) in [7, 11) is 0. The van der Waals surface area contributed by atoms with E-state index in [0.29, 0.717) is 12.6 Å². The van der Waals surface area contributed by atoms with Gasteiger partial charge in [-0.2, -0.15) is 0 Å². The lowest BCUT2D eigenvalue weighted by molar-refractivity contribution is 0.0587. The van der Waals surface area contributed by atoms with Gasteiger partial charge >= 0.3 is 0 Å². The van der Waals surface area contributed by atoms with Gasteiger partial charge in [0.2, 0.25) is 0 Å². The van der Waals surface area contributed by atoms with Crippen LogP contribution in [0.3, 0.4) is 0 Å². The Hall–Kier alpha value is -1.39. The SMILES string of the molecule is Cc1cccc(C)c1C(=O)N1CCN(C(C)CN)CC1. The fourth-order valence-corrected chi connectivity index (χ4v) is 2.82. The Bertz CT molecular complexity index is 458. The van der Waals surface area contributed by atoms with Crippen molar-refractivity contribution in [3.63, 3.8) is 0 Å². The topological polar surface area (TPSA) is 49.6 Å². The molecular weight excluding hydrogens is 250 g/mol. The van der Waals surface area contributed by atoms with Gasteiger partial charge in [-0.15, -0.1) is 0 Å². The predicted molar refractivity (Wildman–Crippen MR) is 81.9 cm³/mol. The van der Waals surface area contributed by atoms with E-state index in [0.717, 1.165) is 42.9 Å². The van der Waals surface area contributed by atoms with Crippen LogP contribution in [0.5, 0.6) is 0 Å². The van der Waals surface area contributed by atoms with Crippen LogP contribution in [0.1, 0.15) is 28.4 Å². The molecule has 2 N–H and O–H groups in total. The fourth-order valence-electron chi connectivity index (χ4n) is 2.82. The van der Waals surface area contributed by atoms with Crippen molar-refractivity contribution in [2.75, 3.05) is 32.7 Å². The minimum atomic E-state index is 0.167. The Morgan fingerprint density at radius 1 is 1.20 bits per heavy atom. The number of carbonyl (C=O) groups is 1. The lowest BCUT2D eigenvalue weighted by atomic mass is 10.0. The summed E-state index contributed by atoms with van der Waals surface area (Å²) in [6, 6.07) is 6.41. The summed E-state index contributed by atoms with van der Waals surface area (Å²) in [6.07, 6.45) is 0. The number of nitrogens with zero attached hydrogens (tertiary/aromatic N) is 2. The number of benzene rings is 1. The third kappa shape index (κ3) is 3.02. The Kier molecular flexibility index (Phi) is 4.78. The molecule has 1 aromatic rings. The van der Waals surface area contributed by atoms with Crippen LogP contribution in [0.25, 0.3) is 0 Å². The maximum Gasteiger partial charge on any atom is 0.254 e. The first kappa shape index (κ1) is 15.0. The summed E-state index contributed by atoms with van der Waals surface area (Å²) >= 11 is 0. The highest BCUT2D eigenvalue weighted by molar-refractivity contribution is 5.97. The smallest absolute Gasteiger partial charge is 0.254 e. The number of nitrogens with two attached hydrogens (primary N) is 1. The molecular formula is C16H25N3O. The third-order valence-corrected chi connectivity index (χ3v) is 4.26. The Labute approximate surface area is 121 Å². The molecule has 20 heavy (non-hydrogen) atoms. The zero-order valence-corrected chi connectivity index (χ0v) is 12.7. The Balaban J connectivity index is 2.05.